The maximum atomic E-state index is 9.47. The SMILES string of the molecule is CC(C)(c1ccc(N)cc1)c1ccc(O)c(N)c1. The zero-order chi connectivity index (χ0) is 13.3. The molecule has 94 valence electrons. The van der Waals surface area contributed by atoms with Crippen molar-refractivity contribution in [3.05, 3.63) is 53.6 Å². The third kappa shape index (κ3) is 2.12. The molecular formula is C15H18N2O. The van der Waals surface area contributed by atoms with Gasteiger partial charge in [-0.25, -0.2) is 0 Å². The van der Waals surface area contributed by atoms with Gasteiger partial charge in [-0.2, -0.15) is 0 Å². The largest absolute Gasteiger partial charge is 0.506 e. The van der Waals surface area contributed by atoms with Gasteiger partial charge in [0.1, 0.15) is 5.75 Å². The Bertz CT molecular complexity index is 559. The number of phenols is 1. The summed E-state index contributed by atoms with van der Waals surface area (Å²) in [5.41, 5.74) is 14.6. The molecular weight excluding hydrogens is 224 g/mol. The fraction of sp³-hybridized carbons (Fsp3) is 0.200. The lowest BCUT2D eigenvalue weighted by molar-refractivity contribution is 0.477. The van der Waals surface area contributed by atoms with Crippen LogP contribution >= 0.6 is 0 Å². The average Bonchev–Trinajstić information content (AvgIpc) is 2.33. The van der Waals surface area contributed by atoms with E-state index in [4.69, 9.17) is 11.5 Å². The molecule has 0 atom stereocenters. The predicted molar refractivity (Wildman–Crippen MR) is 75.5 cm³/mol. The lowest BCUT2D eigenvalue weighted by atomic mass is 9.78. The molecule has 3 heteroatoms. The van der Waals surface area contributed by atoms with Crippen molar-refractivity contribution in [3.8, 4) is 5.75 Å². The van der Waals surface area contributed by atoms with Crippen LogP contribution in [-0.2, 0) is 5.41 Å². The number of anilines is 2. The topological polar surface area (TPSA) is 72.3 Å². The molecule has 0 radical (unpaired) electrons. The first kappa shape index (κ1) is 12.3. The van der Waals surface area contributed by atoms with Crippen LogP contribution in [0.25, 0.3) is 0 Å². The number of phenolic OH excluding ortho intramolecular Hbond substituents is 1. The Morgan fingerprint density at radius 3 is 2.00 bits per heavy atom. The summed E-state index contributed by atoms with van der Waals surface area (Å²) in [5, 5.41) is 9.47. The highest BCUT2D eigenvalue weighted by Crippen LogP contribution is 2.34. The van der Waals surface area contributed by atoms with Crippen LogP contribution in [0, 0.1) is 0 Å². The molecule has 0 aliphatic heterocycles. The van der Waals surface area contributed by atoms with Crippen molar-refractivity contribution in [2.45, 2.75) is 19.3 Å². The second-order valence-electron chi connectivity index (χ2n) is 5.02. The molecule has 0 fully saturated rings. The van der Waals surface area contributed by atoms with Crippen molar-refractivity contribution in [3.63, 3.8) is 0 Å². The highest BCUT2D eigenvalue weighted by Gasteiger charge is 2.23. The zero-order valence-electron chi connectivity index (χ0n) is 10.6. The molecule has 2 aromatic rings. The molecule has 0 aliphatic carbocycles. The number of benzene rings is 2. The van der Waals surface area contributed by atoms with E-state index in [1.165, 1.54) is 0 Å². The smallest absolute Gasteiger partial charge is 0.138 e. The van der Waals surface area contributed by atoms with E-state index >= 15 is 0 Å². The number of hydrogen-bond donors (Lipinski definition) is 3. The molecule has 0 amide bonds. The van der Waals surface area contributed by atoms with Gasteiger partial charge in [-0.05, 0) is 35.4 Å². The van der Waals surface area contributed by atoms with Crippen molar-refractivity contribution in [1.82, 2.24) is 0 Å². The van der Waals surface area contributed by atoms with E-state index in [1.54, 1.807) is 6.07 Å². The van der Waals surface area contributed by atoms with Gasteiger partial charge in [0.15, 0.2) is 0 Å². The first-order valence-electron chi connectivity index (χ1n) is 5.86. The monoisotopic (exact) mass is 242 g/mol. The summed E-state index contributed by atoms with van der Waals surface area (Å²) in [4.78, 5) is 0. The van der Waals surface area contributed by atoms with Crippen molar-refractivity contribution in [2.24, 2.45) is 0 Å². The van der Waals surface area contributed by atoms with Gasteiger partial charge in [0, 0.05) is 11.1 Å². The van der Waals surface area contributed by atoms with Crippen LogP contribution < -0.4 is 11.5 Å². The Balaban J connectivity index is 2.46. The lowest BCUT2D eigenvalue weighted by Gasteiger charge is -2.26. The van der Waals surface area contributed by atoms with E-state index < -0.39 is 0 Å². The molecule has 0 saturated heterocycles. The van der Waals surface area contributed by atoms with Crippen molar-refractivity contribution >= 4 is 11.4 Å². The van der Waals surface area contributed by atoms with Crippen molar-refractivity contribution in [1.29, 1.82) is 0 Å². The predicted octanol–water partition coefficient (Wildman–Crippen LogP) is 2.88. The maximum Gasteiger partial charge on any atom is 0.138 e. The number of rotatable bonds is 2. The maximum absolute atomic E-state index is 9.47. The molecule has 0 saturated carbocycles. The third-order valence-electron chi connectivity index (χ3n) is 3.38. The molecule has 5 N–H and O–H groups in total. The molecule has 18 heavy (non-hydrogen) atoms. The summed E-state index contributed by atoms with van der Waals surface area (Å²) in [6.45, 7) is 4.23. The van der Waals surface area contributed by atoms with Gasteiger partial charge in [-0.3, -0.25) is 0 Å². The minimum Gasteiger partial charge on any atom is -0.506 e. The summed E-state index contributed by atoms with van der Waals surface area (Å²) < 4.78 is 0. The van der Waals surface area contributed by atoms with Gasteiger partial charge in [-0.15, -0.1) is 0 Å². The van der Waals surface area contributed by atoms with E-state index in [-0.39, 0.29) is 11.2 Å². The van der Waals surface area contributed by atoms with Gasteiger partial charge >= 0.3 is 0 Å². The summed E-state index contributed by atoms with van der Waals surface area (Å²) in [6, 6.07) is 13.1. The van der Waals surface area contributed by atoms with E-state index in [9.17, 15) is 5.11 Å². The van der Waals surface area contributed by atoms with E-state index in [2.05, 4.69) is 13.8 Å². The molecule has 0 unspecified atom stereocenters. The number of nitrogen functional groups attached to an aromatic ring is 2. The number of hydrogen-bond acceptors (Lipinski definition) is 3. The Kier molecular flexibility index (Phi) is 2.91. The normalized spacial score (nSPS) is 11.4. The second-order valence-corrected chi connectivity index (χ2v) is 5.02. The molecule has 0 aromatic heterocycles. The third-order valence-corrected chi connectivity index (χ3v) is 3.38. The van der Waals surface area contributed by atoms with Crippen LogP contribution in [0.4, 0.5) is 11.4 Å². The molecule has 0 aliphatic rings. The minimum absolute atomic E-state index is 0.117. The van der Waals surface area contributed by atoms with Gasteiger partial charge in [0.05, 0.1) is 5.69 Å². The summed E-state index contributed by atoms with van der Waals surface area (Å²) in [6.07, 6.45) is 0. The Labute approximate surface area is 107 Å². The standard InChI is InChI=1S/C15H18N2O/c1-15(2,10-3-6-12(16)7-4-10)11-5-8-14(18)13(17)9-11/h3-9,18H,16-17H2,1-2H3. The van der Waals surface area contributed by atoms with Gasteiger partial charge in [-0.1, -0.05) is 32.0 Å². The molecule has 0 bridgehead atoms. The van der Waals surface area contributed by atoms with Gasteiger partial charge < -0.3 is 16.6 Å². The van der Waals surface area contributed by atoms with E-state index in [1.807, 2.05) is 36.4 Å². The first-order valence-corrected chi connectivity index (χ1v) is 5.86. The van der Waals surface area contributed by atoms with Crippen LogP contribution in [0.15, 0.2) is 42.5 Å². The van der Waals surface area contributed by atoms with Crippen LogP contribution in [0.5, 0.6) is 5.75 Å². The highest BCUT2D eigenvalue weighted by atomic mass is 16.3. The lowest BCUT2D eigenvalue weighted by Crippen LogP contribution is -2.19. The van der Waals surface area contributed by atoms with Crippen molar-refractivity contribution < 1.29 is 5.11 Å². The molecule has 0 spiro atoms. The van der Waals surface area contributed by atoms with E-state index in [0.29, 0.717) is 5.69 Å². The zero-order valence-corrected chi connectivity index (χ0v) is 10.6. The molecule has 0 heterocycles. The Hall–Kier alpha value is -2.16. The summed E-state index contributed by atoms with van der Waals surface area (Å²) >= 11 is 0. The quantitative estimate of drug-likeness (QED) is 0.560. The number of nitrogens with two attached hydrogens (primary N) is 2. The fourth-order valence-electron chi connectivity index (χ4n) is 2.01. The van der Waals surface area contributed by atoms with E-state index in [0.717, 1.165) is 16.8 Å². The Morgan fingerprint density at radius 1 is 0.889 bits per heavy atom. The molecule has 3 nitrogen and oxygen atoms in total. The van der Waals surface area contributed by atoms with Crippen LogP contribution in [-0.4, -0.2) is 5.11 Å². The summed E-state index contributed by atoms with van der Waals surface area (Å²) in [5.74, 6) is 0.117. The highest BCUT2D eigenvalue weighted by molar-refractivity contribution is 5.56. The van der Waals surface area contributed by atoms with Crippen LogP contribution in [0.3, 0.4) is 0 Å². The number of aromatic hydroxyl groups is 1. The van der Waals surface area contributed by atoms with Crippen LogP contribution in [0.2, 0.25) is 0 Å². The first-order chi connectivity index (χ1) is 8.41. The van der Waals surface area contributed by atoms with Gasteiger partial charge in [0.25, 0.3) is 0 Å². The summed E-state index contributed by atoms with van der Waals surface area (Å²) in [7, 11) is 0. The van der Waals surface area contributed by atoms with Crippen LogP contribution in [0.1, 0.15) is 25.0 Å². The van der Waals surface area contributed by atoms with Crippen molar-refractivity contribution in [2.75, 3.05) is 11.5 Å². The Morgan fingerprint density at radius 2 is 1.44 bits per heavy atom. The van der Waals surface area contributed by atoms with Gasteiger partial charge in [0.2, 0.25) is 0 Å². The minimum atomic E-state index is -0.185. The fourth-order valence-corrected chi connectivity index (χ4v) is 2.01. The molecule has 2 rings (SSSR count). The second kappa shape index (κ2) is 4.26. The molecule has 2 aromatic carbocycles. The average molecular weight is 242 g/mol.